The number of hydrogen-bond donors (Lipinski definition) is 4. The van der Waals surface area contributed by atoms with Gasteiger partial charge >= 0.3 is 18.0 Å². The lowest BCUT2D eigenvalue weighted by molar-refractivity contribution is -0.144. The molecule has 0 aliphatic heterocycles. The molecular formula is C23H26N4O6. The van der Waals surface area contributed by atoms with E-state index in [1.54, 1.807) is 27.0 Å². The topological polar surface area (TPSA) is 156 Å². The standard InChI is InChI=1S/C23H26N4O6/c1-4-32-22(30)19-12(2)20(26-13(19)3)18(28)11-33-21(29)17(27-23(24)31)9-14-10-25-16-8-6-5-7-15(14)16/h5-8,10,17,25-26H,4,9,11H2,1-3H3,(H3,24,27,31)/t17-/m0/s1. The monoisotopic (exact) mass is 454 g/mol. The van der Waals surface area contributed by atoms with Crippen LogP contribution in [0.3, 0.4) is 0 Å². The summed E-state index contributed by atoms with van der Waals surface area (Å²) in [7, 11) is 0. The van der Waals surface area contributed by atoms with Crippen molar-refractivity contribution in [2.45, 2.75) is 33.2 Å². The number of fused-ring (bicyclic) bond motifs is 1. The number of esters is 2. The van der Waals surface area contributed by atoms with E-state index in [1.165, 1.54) is 0 Å². The number of rotatable bonds is 9. The van der Waals surface area contributed by atoms with Crippen LogP contribution in [-0.2, 0) is 20.7 Å². The summed E-state index contributed by atoms with van der Waals surface area (Å²) in [6, 6.07) is 5.53. The molecule has 3 rings (SSSR count). The van der Waals surface area contributed by atoms with Crippen LogP contribution in [-0.4, -0.2) is 53.0 Å². The summed E-state index contributed by atoms with van der Waals surface area (Å²) in [6.45, 7) is 4.57. The molecular weight excluding hydrogens is 428 g/mol. The van der Waals surface area contributed by atoms with Crippen LogP contribution < -0.4 is 11.1 Å². The Kier molecular flexibility index (Phi) is 7.17. The number of benzene rings is 1. The Balaban J connectivity index is 1.71. The molecule has 5 N–H and O–H groups in total. The molecule has 0 spiro atoms. The van der Waals surface area contributed by atoms with Crippen molar-refractivity contribution < 1.29 is 28.7 Å². The molecule has 174 valence electrons. The van der Waals surface area contributed by atoms with E-state index in [9.17, 15) is 19.2 Å². The van der Waals surface area contributed by atoms with Gasteiger partial charge < -0.3 is 30.5 Å². The lowest BCUT2D eigenvalue weighted by Crippen LogP contribution is -2.46. The van der Waals surface area contributed by atoms with Gasteiger partial charge in [-0.15, -0.1) is 0 Å². The number of urea groups is 1. The number of para-hydroxylation sites is 1. The number of Topliss-reactive ketones (excluding diaryl/α,β-unsaturated/α-hetero) is 1. The maximum absolute atomic E-state index is 12.7. The lowest BCUT2D eigenvalue weighted by Gasteiger charge is -2.16. The SMILES string of the molecule is CCOC(=O)c1c(C)[nH]c(C(=O)COC(=O)[C@H](Cc2c[nH]c3ccccc23)NC(N)=O)c1C. The number of aromatic nitrogens is 2. The molecule has 1 atom stereocenters. The summed E-state index contributed by atoms with van der Waals surface area (Å²) in [6.07, 6.45) is 1.86. The van der Waals surface area contributed by atoms with Crippen molar-refractivity contribution in [1.29, 1.82) is 0 Å². The second kappa shape index (κ2) is 10.0. The average molecular weight is 454 g/mol. The molecule has 33 heavy (non-hydrogen) atoms. The minimum atomic E-state index is -1.09. The number of nitrogens with two attached hydrogens (primary N) is 1. The molecule has 0 aliphatic rings. The number of aromatic amines is 2. The van der Waals surface area contributed by atoms with Crippen LogP contribution in [0.2, 0.25) is 0 Å². The fourth-order valence-corrected chi connectivity index (χ4v) is 3.73. The predicted octanol–water partition coefficient (Wildman–Crippen LogP) is 2.30. The third-order valence-corrected chi connectivity index (χ3v) is 5.24. The number of aryl methyl sites for hydroxylation is 1. The van der Waals surface area contributed by atoms with Gasteiger partial charge in [-0.2, -0.15) is 0 Å². The number of ether oxygens (including phenoxy) is 2. The molecule has 2 aromatic heterocycles. The maximum Gasteiger partial charge on any atom is 0.340 e. The van der Waals surface area contributed by atoms with Gasteiger partial charge in [0.1, 0.15) is 6.04 Å². The molecule has 2 amide bonds. The first-order chi connectivity index (χ1) is 15.7. The molecule has 0 unspecified atom stereocenters. The van der Waals surface area contributed by atoms with Gasteiger partial charge in [-0.3, -0.25) is 4.79 Å². The van der Waals surface area contributed by atoms with Crippen LogP contribution in [0.25, 0.3) is 10.9 Å². The summed E-state index contributed by atoms with van der Waals surface area (Å²) in [5.74, 6) is -1.87. The molecule has 1 aromatic carbocycles. The van der Waals surface area contributed by atoms with Crippen LogP contribution in [0, 0.1) is 13.8 Å². The molecule has 0 aliphatic carbocycles. The highest BCUT2D eigenvalue weighted by Crippen LogP contribution is 2.21. The van der Waals surface area contributed by atoms with Gasteiger partial charge in [-0.1, -0.05) is 18.2 Å². The average Bonchev–Trinajstić information content (AvgIpc) is 3.31. The predicted molar refractivity (Wildman–Crippen MR) is 120 cm³/mol. The Bertz CT molecular complexity index is 1210. The van der Waals surface area contributed by atoms with E-state index < -0.39 is 36.4 Å². The minimum absolute atomic E-state index is 0.119. The first-order valence-electron chi connectivity index (χ1n) is 10.4. The van der Waals surface area contributed by atoms with E-state index in [1.807, 2.05) is 24.3 Å². The zero-order valence-corrected chi connectivity index (χ0v) is 18.6. The van der Waals surface area contributed by atoms with Crippen molar-refractivity contribution in [2.24, 2.45) is 5.73 Å². The lowest BCUT2D eigenvalue weighted by atomic mass is 10.1. The fourth-order valence-electron chi connectivity index (χ4n) is 3.73. The van der Waals surface area contributed by atoms with Gasteiger partial charge in [0.25, 0.3) is 0 Å². The zero-order valence-electron chi connectivity index (χ0n) is 18.6. The molecule has 2 heterocycles. The number of amides is 2. The number of nitrogens with one attached hydrogen (secondary N) is 3. The Labute approximate surface area is 189 Å². The first kappa shape index (κ1) is 23.6. The number of primary amides is 1. The third-order valence-electron chi connectivity index (χ3n) is 5.24. The summed E-state index contributed by atoms with van der Waals surface area (Å²) in [5, 5.41) is 3.26. The van der Waals surface area contributed by atoms with Gasteiger partial charge in [0.15, 0.2) is 6.61 Å². The van der Waals surface area contributed by atoms with E-state index >= 15 is 0 Å². The number of H-pyrrole nitrogens is 2. The van der Waals surface area contributed by atoms with Gasteiger partial charge in [-0.25, -0.2) is 14.4 Å². The van der Waals surface area contributed by atoms with Crippen LogP contribution >= 0.6 is 0 Å². The number of carbonyl (C=O) groups is 4. The van der Waals surface area contributed by atoms with E-state index in [0.717, 1.165) is 16.5 Å². The Morgan fingerprint density at radius 3 is 2.55 bits per heavy atom. The van der Waals surface area contributed by atoms with Crippen molar-refractivity contribution in [1.82, 2.24) is 15.3 Å². The number of ketones is 1. The number of carbonyl (C=O) groups excluding carboxylic acids is 4. The van der Waals surface area contributed by atoms with Gasteiger partial charge in [0.2, 0.25) is 5.78 Å². The highest BCUT2D eigenvalue weighted by molar-refractivity contribution is 6.02. The Morgan fingerprint density at radius 1 is 1.12 bits per heavy atom. The summed E-state index contributed by atoms with van der Waals surface area (Å²) >= 11 is 0. The summed E-state index contributed by atoms with van der Waals surface area (Å²) < 4.78 is 10.2. The maximum atomic E-state index is 12.7. The van der Waals surface area contributed by atoms with Crippen molar-refractivity contribution in [3.63, 3.8) is 0 Å². The molecule has 0 bridgehead atoms. The molecule has 0 saturated carbocycles. The molecule has 0 saturated heterocycles. The van der Waals surface area contributed by atoms with Crippen molar-refractivity contribution in [2.75, 3.05) is 13.2 Å². The molecule has 0 radical (unpaired) electrons. The summed E-state index contributed by atoms with van der Waals surface area (Å²) in [5.41, 5.74) is 8.21. The zero-order chi connectivity index (χ0) is 24.1. The molecule has 3 aromatic rings. The van der Waals surface area contributed by atoms with Crippen LogP contribution in [0.1, 0.15) is 44.6 Å². The Hall–Kier alpha value is -4.08. The second-order valence-corrected chi connectivity index (χ2v) is 7.50. The first-order valence-corrected chi connectivity index (χ1v) is 10.4. The van der Waals surface area contributed by atoms with Crippen molar-refractivity contribution in [3.8, 4) is 0 Å². The quantitative estimate of drug-likeness (QED) is 0.287. The van der Waals surface area contributed by atoms with Gasteiger partial charge in [0, 0.05) is 29.2 Å². The molecule has 10 nitrogen and oxygen atoms in total. The normalized spacial score (nSPS) is 11.7. The van der Waals surface area contributed by atoms with E-state index in [-0.39, 0.29) is 24.3 Å². The van der Waals surface area contributed by atoms with E-state index in [2.05, 4.69) is 15.3 Å². The Morgan fingerprint density at radius 2 is 1.85 bits per heavy atom. The van der Waals surface area contributed by atoms with Gasteiger partial charge in [-0.05, 0) is 38.0 Å². The second-order valence-electron chi connectivity index (χ2n) is 7.50. The fraction of sp³-hybridized carbons (Fsp3) is 0.304. The highest BCUT2D eigenvalue weighted by atomic mass is 16.5. The smallest absolute Gasteiger partial charge is 0.340 e. The largest absolute Gasteiger partial charge is 0.462 e. The third kappa shape index (κ3) is 5.22. The molecule has 10 heteroatoms. The van der Waals surface area contributed by atoms with E-state index in [0.29, 0.717) is 11.3 Å². The van der Waals surface area contributed by atoms with Crippen LogP contribution in [0.15, 0.2) is 30.5 Å². The summed E-state index contributed by atoms with van der Waals surface area (Å²) in [4.78, 5) is 54.9. The minimum Gasteiger partial charge on any atom is -0.462 e. The van der Waals surface area contributed by atoms with E-state index in [4.69, 9.17) is 15.2 Å². The number of hydrogen-bond acceptors (Lipinski definition) is 6. The molecule has 0 fully saturated rings. The highest BCUT2D eigenvalue weighted by Gasteiger charge is 2.26. The van der Waals surface area contributed by atoms with Crippen LogP contribution in [0.5, 0.6) is 0 Å². The van der Waals surface area contributed by atoms with Crippen molar-refractivity contribution in [3.05, 3.63) is 58.5 Å². The van der Waals surface area contributed by atoms with Crippen LogP contribution in [0.4, 0.5) is 4.79 Å². The van der Waals surface area contributed by atoms with Gasteiger partial charge in [0.05, 0.1) is 17.9 Å². The van der Waals surface area contributed by atoms with Crippen molar-refractivity contribution >= 4 is 34.7 Å².